The number of thioether (sulfide) groups is 1. The molecule has 3 rings (SSSR count). The molecule has 12 nitrogen and oxygen atoms in total. The van der Waals surface area contributed by atoms with Gasteiger partial charge >= 0.3 is 18.0 Å². The fourth-order valence-corrected chi connectivity index (χ4v) is 5.37. The second kappa shape index (κ2) is 7.78. The summed E-state index contributed by atoms with van der Waals surface area (Å²) < 4.78 is 5.04. The summed E-state index contributed by atoms with van der Waals surface area (Å²) in [6, 6.07) is 0. The van der Waals surface area contributed by atoms with Gasteiger partial charge in [-0.15, -0.1) is 0 Å². The summed E-state index contributed by atoms with van der Waals surface area (Å²) in [4.78, 5) is 51.9. The smallest absolute Gasteiger partial charge is 0.408 e. The third kappa shape index (κ3) is 4.35. The summed E-state index contributed by atoms with van der Waals surface area (Å²) >= 11 is 1.20. The average Bonchev–Trinajstić information content (AvgIpc) is 3.02. The van der Waals surface area contributed by atoms with E-state index in [2.05, 4.69) is 25.8 Å². The number of carboxylic acid groups (broad SMARTS) is 2. The minimum atomic E-state index is -1.75. The first kappa shape index (κ1) is 21.9. The largest absolute Gasteiger partial charge is 0.481 e. The van der Waals surface area contributed by atoms with Gasteiger partial charge < -0.3 is 25.6 Å². The molecule has 2 saturated carbocycles. The second-order valence-electron chi connectivity index (χ2n) is 8.30. The van der Waals surface area contributed by atoms with Crippen LogP contribution in [0.15, 0.2) is 11.5 Å². The summed E-state index contributed by atoms with van der Waals surface area (Å²) in [5.74, 6) is -5.27. The fourth-order valence-electron chi connectivity index (χ4n) is 4.03. The van der Waals surface area contributed by atoms with E-state index in [1.807, 2.05) is 0 Å². The molecule has 0 saturated heterocycles. The molecular formula is C17H23N5O7S. The second-order valence-corrected chi connectivity index (χ2v) is 9.53. The van der Waals surface area contributed by atoms with Crippen LogP contribution in [0.4, 0.5) is 4.79 Å². The number of aromatic amines is 1. The van der Waals surface area contributed by atoms with Gasteiger partial charge in [-0.3, -0.25) is 14.7 Å². The van der Waals surface area contributed by atoms with Gasteiger partial charge in [0.05, 0.1) is 5.92 Å². The van der Waals surface area contributed by atoms with Crippen LogP contribution >= 0.6 is 11.8 Å². The molecule has 5 atom stereocenters. The molecule has 0 bridgehead atoms. The number of rotatable bonds is 7. The Morgan fingerprint density at radius 3 is 2.57 bits per heavy atom. The number of ether oxygens (including phenoxy) is 1. The van der Waals surface area contributed by atoms with Crippen LogP contribution in [-0.4, -0.2) is 72.3 Å². The van der Waals surface area contributed by atoms with Crippen molar-refractivity contribution < 1.29 is 34.1 Å². The van der Waals surface area contributed by atoms with Crippen molar-refractivity contribution in [1.82, 2.24) is 25.8 Å². The maximum absolute atomic E-state index is 12.4. The van der Waals surface area contributed by atoms with E-state index in [1.165, 1.54) is 18.1 Å². The first-order valence-electron chi connectivity index (χ1n) is 9.20. The molecule has 30 heavy (non-hydrogen) atoms. The van der Waals surface area contributed by atoms with Gasteiger partial charge in [-0.25, -0.2) is 14.6 Å². The normalized spacial score (nSPS) is 29.6. The van der Waals surface area contributed by atoms with Gasteiger partial charge in [-0.1, -0.05) is 11.8 Å². The Morgan fingerprint density at radius 1 is 1.33 bits per heavy atom. The van der Waals surface area contributed by atoms with Crippen molar-refractivity contribution in [3.05, 3.63) is 6.33 Å². The van der Waals surface area contributed by atoms with E-state index in [4.69, 9.17) is 4.74 Å². The molecule has 1 heterocycles. The number of aromatic nitrogens is 3. The van der Waals surface area contributed by atoms with Crippen LogP contribution in [0.5, 0.6) is 0 Å². The molecule has 1 aromatic rings. The average molecular weight is 441 g/mol. The lowest BCUT2D eigenvalue weighted by Gasteiger charge is -2.30. The first-order chi connectivity index (χ1) is 13.9. The van der Waals surface area contributed by atoms with Crippen molar-refractivity contribution in [2.75, 3.05) is 6.54 Å². The van der Waals surface area contributed by atoms with E-state index in [1.54, 1.807) is 20.8 Å². The minimum Gasteiger partial charge on any atom is -0.481 e. The maximum Gasteiger partial charge on any atom is 0.408 e. The zero-order valence-corrected chi connectivity index (χ0v) is 17.4. The number of amides is 2. The van der Waals surface area contributed by atoms with Crippen molar-refractivity contribution in [2.45, 2.75) is 48.7 Å². The van der Waals surface area contributed by atoms with E-state index in [0.717, 1.165) is 0 Å². The first-order valence-corrected chi connectivity index (χ1v) is 10.1. The van der Waals surface area contributed by atoms with Crippen LogP contribution in [0.3, 0.4) is 0 Å². The van der Waals surface area contributed by atoms with Crippen LogP contribution in [0, 0.1) is 17.8 Å². The van der Waals surface area contributed by atoms with Gasteiger partial charge in [0.2, 0.25) is 5.91 Å². The van der Waals surface area contributed by atoms with E-state index in [9.17, 15) is 29.4 Å². The predicted octanol–water partition coefficient (Wildman–Crippen LogP) is 0.0802. The highest BCUT2D eigenvalue weighted by Crippen LogP contribution is 2.65. The number of hydrogen-bond acceptors (Lipinski definition) is 8. The van der Waals surface area contributed by atoms with Crippen molar-refractivity contribution in [2.24, 2.45) is 17.8 Å². The molecule has 0 aliphatic heterocycles. The lowest BCUT2D eigenvalue weighted by molar-refractivity contribution is -0.149. The fraction of sp³-hybridized carbons (Fsp3) is 0.647. The third-order valence-electron chi connectivity index (χ3n) is 5.07. The SMILES string of the molecule is CC(C)(C)OC(=O)NCC(=O)NC1(C(=O)O)CC(Sc2ncn[nH]2)C2C(C(=O)O)C21. The van der Waals surface area contributed by atoms with E-state index in [0.29, 0.717) is 5.16 Å². The molecule has 5 unspecified atom stereocenters. The molecule has 2 amide bonds. The minimum absolute atomic E-state index is 0.0188. The highest BCUT2D eigenvalue weighted by Gasteiger charge is 2.75. The Balaban J connectivity index is 1.71. The summed E-state index contributed by atoms with van der Waals surface area (Å²) in [6.07, 6.45) is 0.496. The summed E-state index contributed by atoms with van der Waals surface area (Å²) in [7, 11) is 0. The van der Waals surface area contributed by atoms with Crippen molar-refractivity contribution in [3.8, 4) is 0 Å². The molecule has 2 fully saturated rings. The summed E-state index contributed by atoms with van der Waals surface area (Å²) in [6.45, 7) is 4.49. The van der Waals surface area contributed by atoms with Crippen LogP contribution in [0.1, 0.15) is 27.2 Å². The Labute approximate surface area is 175 Å². The summed E-state index contributed by atoms with van der Waals surface area (Å²) in [5, 5.41) is 30.6. The van der Waals surface area contributed by atoms with E-state index in [-0.39, 0.29) is 11.7 Å². The lowest BCUT2D eigenvalue weighted by atomic mass is 9.90. The Hall–Kier alpha value is -2.83. The van der Waals surface area contributed by atoms with Crippen molar-refractivity contribution >= 4 is 35.7 Å². The molecule has 2 aliphatic rings. The highest BCUT2D eigenvalue weighted by atomic mass is 32.2. The number of carbonyl (C=O) groups excluding carboxylic acids is 2. The lowest BCUT2D eigenvalue weighted by Crippen LogP contribution is -2.58. The van der Waals surface area contributed by atoms with Crippen LogP contribution in [0.2, 0.25) is 0 Å². The Bertz CT molecular complexity index is 855. The maximum atomic E-state index is 12.4. The highest BCUT2D eigenvalue weighted by molar-refractivity contribution is 7.99. The number of carbonyl (C=O) groups is 4. The molecule has 5 N–H and O–H groups in total. The zero-order chi connectivity index (χ0) is 22.3. The van der Waals surface area contributed by atoms with Crippen molar-refractivity contribution in [1.29, 1.82) is 0 Å². The predicted molar refractivity (Wildman–Crippen MR) is 101 cm³/mol. The van der Waals surface area contributed by atoms with Gasteiger partial charge in [-0.2, -0.15) is 5.10 Å². The summed E-state index contributed by atoms with van der Waals surface area (Å²) in [5.41, 5.74) is -2.51. The van der Waals surface area contributed by atoms with Crippen molar-refractivity contribution in [3.63, 3.8) is 0 Å². The van der Waals surface area contributed by atoms with Gasteiger partial charge in [0.25, 0.3) is 0 Å². The van der Waals surface area contributed by atoms with Gasteiger partial charge in [0.15, 0.2) is 5.16 Å². The van der Waals surface area contributed by atoms with Gasteiger partial charge in [-0.05, 0) is 33.1 Å². The third-order valence-corrected chi connectivity index (χ3v) is 6.28. The topological polar surface area (TPSA) is 184 Å². The Morgan fingerprint density at radius 2 is 2.03 bits per heavy atom. The van der Waals surface area contributed by atoms with E-state index < -0.39 is 59.4 Å². The number of carboxylic acids is 2. The monoisotopic (exact) mass is 441 g/mol. The molecule has 1 aromatic heterocycles. The number of nitrogens with one attached hydrogen (secondary N) is 3. The number of aliphatic carboxylic acids is 2. The van der Waals surface area contributed by atoms with Crippen LogP contribution in [-0.2, 0) is 19.1 Å². The quantitative estimate of drug-likeness (QED) is 0.388. The van der Waals surface area contributed by atoms with Crippen LogP contribution in [0.25, 0.3) is 0 Å². The standard InChI is InChI=1S/C17H23N5O7S/c1-16(2,3)29-15(28)18-5-8(23)21-17(13(26)27)4-7(30-14-19-6-20-22-14)9-10(11(9)17)12(24)25/h6-7,9-11H,4-5H2,1-3H3,(H,18,28)(H,21,23)(H,24,25)(H,26,27)(H,19,20,22). The van der Waals surface area contributed by atoms with Gasteiger partial charge in [0, 0.05) is 11.2 Å². The number of hydrogen-bond donors (Lipinski definition) is 5. The number of H-pyrrole nitrogens is 1. The molecule has 164 valence electrons. The van der Waals surface area contributed by atoms with E-state index >= 15 is 0 Å². The zero-order valence-electron chi connectivity index (χ0n) is 16.5. The van der Waals surface area contributed by atoms with Crippen LogP contribution < -0.4 is 10.6 Å². The molecule has 13 heteroatoms. The molecule has 2 aliphatic carbocycles. The number of nitrogens with zero attached hydrogens (tertiary/aromatic N) is 2. The molecule has 0 radical (unpaired) electrons. The van der Waals surface area contributed by atoms with Gasteiger partial charge in [0.1, 0.15) is 24.0 Å². The molecule has 0 aromatic carbocycles. The number of fused-ring (bicyclic) bond motifs is 1. The molecular weight excluding hydrogens is 418 g/mol. The number of alkyl carbamates (subject to hydrolysis) is 1. The molecule has 0 spiro atoms. The Kier molecular flexibility index (Phi) is 5.67.